The minimum atomic E-state index is -1.02. The molecule has 0 fully saturated rings. The van der Waals surface area contributed by atoms with E-state index in [1.807, 2.05) is 13.8 Å². The monoisotopic (exact) mass is 331 g/mol. The Hall–Kier alpha value is -1.30. The van der Waals surface area contributed by atoms with Gasteiger partial charge in [0.2, 0.25) is 0 Å². The normalized spacial score (nSPS) is 16.1. The third-order valence-corrected chi connectivity index (χ3v) is 3.42. The van der Waals surface area contributed by atoms with Crippen molar-refractivity contribution < 1.29 is 24.5 Å². The number of hydrogen-bond donors (Lipinski definition) is 3. The Morgan fingerprint density at radius 1 is 1.09 bits per heavy atom. The van der Waals surface area contributed by atoms with Crippen LogP contribution in [0.1, 0.15) is 61.3 Å². The summed E-state index contributed by atoms with van der Waals surface area (Å²) in [5.74, 6) is -1.77. The van der Waals surface area contributed by atoms with E-state index in [0.29, 0.717) is 12.3 Å². The first kappa shape index (κ1) is 21.7. The lowest BCUT2D eigenvalue weighted by molar-refractivity contribution is -0.148. The van der Waals surface area contributed by atoms with Gasteiger partial charge in [0.15, 0.2) is 0 Å². The molecule has 1 amide bonds. The zero-order valence-electron chi connectivity index (χ0n) is 15.4. The molecule has 3 N–H and O–H groups in total. The maximum Gasteiger partial charge on any atom is 0.407 e. The van der Waals surface area contributed by atoms with Crippen molar-refractivity contribution in [2.75, 3.05) is 0 Å². The second kappa shape index (κ2) is 9.11. The molecule has 0 rings (SSSR count). The summed E-state index contributed by atoms with van der Waals surface area (Å²) in [5.41, 5.74) is -0.605. The second-order valence-corrected chi connectivity index (χ2v) is 7.88. The number of aliphatic carboxylic acids is 1. The van der Waals surface area contributed by atoms with E-state index in [1.165, 1.54) is 0 Å². The summed E-state index contributed by atoms with van der Waals surface area (Å²) in [6.45, 7) is 12.9. The highest BCUT2D eigenvalue weighted by Crippen LogP contribution is 2.22. The molecule has 0 aliphatic rings. The van der Waals surface area contributed by atoms with Crippen LogP contribution in [0.15, 0.2) is 0 Å². The van der Waals surface area contributed by atoms with E-state index in [0.717, 1.165) is 0 Å². The van der Waals surface area contributed by atoms with Crippen molar-refractivity contribution in [1.82, 2.24) is 5.32 Å². The SMILES string of the molecule is CC(C)CC(C[C@H](O)[C@H](C(=O)O)C(C)C)NC(=O)OC(C)(C)C. The Labute approximate surface area is 139 Å². The molecule has 0 saturated heterocycles. The number of nitrogens with one attached hydrogen (secondary N) is 1. The topological polar surface area (TPSA) is 95.9 Å². The number of carboxylic acids is 1. The first-order valence-corrected chi connectivity index (χ1v) is 8.23. The van der Waals surface area contributed by atoms with Crippen molar-refractivity contribution in [3.8, 4) is 0 Å². The molecule has 6 nitrogen and oxygen atoms in total. The molecule has 0 heterocycles. The number of aliphatic hydroxyl groups excluding tert-OH is 1. The highest BCUT2D eigenvalue weighted by molar-refractivity contribution is 5.71. The molecule has 0 aromatic carbocycles. The fourth-order valence-electron chi connectivity index (χ4n) is 2.59. The van der Waals surface area contributed by atoms with Gasteiger partial charge in [0.1, 0.15) is 5.60 Å². The molecule has 0 aromatic heterocycles. The van der Waals surface area contributed by atoms with Crippen LogP contribution >= 0.6 is 0 Å². The van der Waals surface area contributed by atoms with Crippen molar-refractivity contribution in [1.29, 1.82) is 0 Å². The highest BCUT2D eigenvalue weighted by atomic mass is 16.6. The Balaban J connectivity index is 4.90. The predicted molar refractivity (Wildman–Crippen MR) is 89.2 cm³/mol. The van der Waals surface area contributed by atoms with Crippen LogP contribution in [0.2, 0.25) is 0 Å². The van der Waals surface area contributed by atoms with Crippen LogP contribution in [0.5, 0.6) is 0 Å². The van der Waals surface area contributed by atoms with Crippen LogP contribution in [0.25, 0.3) is 0 Å². The van der Waals surface area contributed by atoms with Crippen molar-refractivity contribution in [2.45, 2.75) is 79.1 Å². The van der Waals surface area contributed by atoms with Crippen LogP contribution in [-0.2, 0) is 9.53 Å². The number of ether oxygens (including phenoxy) is 1. The first-order chi connectivity index (χ1) is 10.3. The van der Waals surface area contributed by atoms with E-state index in [-0.39, 0.29) is 18.4 Å². The largest absolute Gasteiger partial charge is 0.481 e. The molecule has 0 radical (unpaired) electrons. The molecule has 0 aromatic rings. The minimum absolute atomic E-state index is 0.187. The van der Waals surface area contributed by atoms with Gasteiger partial charge in [0.25, 0.3) is 0 Å². The highest BCUT2D eigenvalue weighted by Gasteiger charge is 2.32. The number of aliphatic hydroxyl groups is 1. The van der Waals surface area contributed by atoms with Crippen LogP contribution in [0.4, 0.5) is 4.79 Å². The molecule has 0 spiro atoms. The van der Waals surface area contributed by atoms with E-state index in [9.17, 15) is 19.8 Å². The summed E-state index contributed by atoms with van der Waals surface area (Å²) >= 11 is 0. The number of rotatable bonds is 8. The molecule has 1 unspecified atom stereocenters. The first-order valence-electron chi connectivity index (χ1n) is 8.23. The van der Waals surface area contributed by atoms with Crippen LogP contribution in [-0.4, -0.2) is 40.0 Å². The Bertz CT molecular complexity index is 387. The van der Waals surface area contributed by atoms with Gasteiger partial charge in [-0.25, -0.2) is 4.79 Å². The molecule has 0 aliphatic carbocycles. The van der Waals surface area contributed by atoms with Gasteiger partial charge in [-0.1, -0.05) is 27.7 Å². The van der Waals surface area contributed by atoms with Gasteiger partial charge >= 0.3 is 12.1 Å². The van der Waals surface area contributed by atoms with Crippen molar-refractivity contribution in [3.05, 3.63) is 0 Å². The van der Waals surface area contributed by atoms with E-state index < -0.39 is 29.7 Å². The molecule has 136 valence electrons. The van der Waals surface area contributed by atoms with Crippen molar-refractivity contribution in [3.63, 3.8) is 0 Å². The zero-order valence-corrected chi connectivity index (χ0v) is 15.4. The molecule has 23 heavy (non-hydrogen) atoms. The van der Waals surface area contributed by atoms with E-state index in [4.69, 9.17) is 4.74 Å². The van der Waals surface area contributed by atoms with Gasteiger partial charge < -0.3 is 20.3 Å². The number of carbonyl (C=O) groups is 2. The number of hydrogen-bond acceptors (Lipinski definition) is 4. The van der Waals surface area contributed by atoms with Gasteiger partial charge in [0.05, 0.1) is 12.0 Å². The summed E-state index contributed by atoms with van der Waals surface area (Å²) < 4.78 is 5.24. The molecular formula is C17H33NO5. The standard InChI is InChI=1S/C17H33NO5/c1-10(2)8-12(18-16(22)23-17(5,6)7)9-13(19)14(11(3)4)15(20)21/h10-14,19H,8-9H2,1-7H3,(H,18,22)(H,20,21)/t12?,13-,14+/m0/s1. The van der Waals surface area contributed by atoms with E-state index in [2.05, 4.69) is 5.32 Å². The summed E-state index contributed by atoms with van der Waals surface area (Å²) in [5, 5.41) is 22.3. The fraction of sp³-hybridized carbons (Fsp3) is 0.882. The van der Waals surface area contributed by atoms with Gasteiger partial charge in [-0.05, 0) is 45.4 Å². The summed E-state index contributed by atoms with van der Waals surface area (Å²) in [6, 6.07) is -0.333. The fourth-order valence-corrected chi connectivity index (χ4v) is 2.59. The van der Waals surface area contributed by atoms with E-state index in [1.54, 1.807) is 34.6 Å². The van der Waals surface area contributed by atoms with Gasteiger partial charge in [-0.3, -0.25) is 4.79 Å². The Morgan fingerprint density at radius 2 is 1.61 bits per heavy atom. The Kier molecular flexibility index (Phi) is 8.59. The third-order valence-electron chi connectivity index (χ3n) is 3.42. The predicted octanol–water partition coefficient (Wildman–Crippen LogP) is 3.03. The van der Waals surface area contributed by atoms with Gasteiger partial charge in [-0.2, -0.15) is 0 Å². The quantitative estimate of drug-likeness (QED) is 0.635. The molecule has 0 bridgehead atoms. The number of carbonyl (C=O) groups excluding carboxylic acids is 1. The second-order valence-electron chi connectivity index (χ2n) is 7.88. The zero-order chi connectivity index (χ0) is 18.4. The number of alkyl carbamates (subject to hydrolysis) is 1. The average Bonchev–Trinajstić information content (AvgIpc) is 2.22. The third kappa shape index (κ3) is 9.43. The summed E-state index contributed by atoms with van der Waals surface area (Å²) in [7, 11) is 0. The van der Waals surface area contributed by atoms with Crippen LogP contribution < -0.4 is 5.32 Å². The van der Waals surface area contributed by atoms with Crippen LogP contribution in [0.3, 0.4) is 0 Å². The molecule has 0 saturated carbocycles. The van der Waals surface area contributed by atoms with Gasteiger partial charge in [-0.15, -0.1) is 0 Å². The lowest BCUT2D eigenvalue weighted by atomic mass is 9.85. The van der Waals surface area contributed by atoms with Crippen molar-refractivity contribution in [2.24, 2.45) is 17.8 Å². The van der Waals surface area contributed by atoms with Crippen LogP contribution in [0, 0.1) is 17.8 Å². The number of carboxylic acid groups (broad SMARTS) is 1. The van der Waals surface area contributed by atoms with Crippen molar-refractivity contribution >= 4 is 12.1 Å². The van der Waals surface area contributed by atoms with Gasteiger partial charge in [0, 0.05) is 6.04 Å². The minimum Gasteiger partial charge on any atom is -0.481 e. The molecule has 3 atom stereocenters. The average molecular weight is 331 g/mol. The molecular weight excluding hydrogens is 298 g/mol. The maximum absolute atomic E-state index is 11.9. The molecule has 6 heteroatoms. The number of amides is 1. The summed E-state index contributed by atoms with van der Waals surface area (Å²) in [4.78, 5) is 23.3. The smallest absolute Gasteiger partial charge is 0.407 e. The lowest BCUT2D eigenvalue weighted by Crippen LogP contribution is -2.44. The lowest BCUT2D eigenvalue weighted by Gasteiger charge is -2.29. The molecule has 0 aliphatic heterocycles. The maximum atomic E-state index is 11.9. The van der Waals surface area contributed by atoms with E-state index >= 15 is 0 Å². The summed E-state index contributed by atoms with van der Waals surface area (Å²) in [6.07, 6.45) is -0.745. The Morgan fingerprint density at radius 3 is 1.96 bits per heavy atom.